The summed E-state index contributed by atoms with van der Waals surface area (Å²) in [7, 11) is 1.58. The summed E-state index contributed by atoms with van der Waals surface area (Å²) in [4.78, 5) is 0. The van der Waals surface area contributed by atoms with Crippen LogP contribution in [0.1, 0.15) is 0 Å². The largest absolute Gasteiger partial charge is 0.487 e. The van der Waals surface area contributed by atoms with Crippen LogP contribution < -0.4 is 10.5 Å². The Hall–Kier alpha value is -1.29. The molecule has 0 saturated carbocycles. The zero-order valence-electron chi connectivity index (χ0n) is 7.00. The summed E-state index contributed by atoms with van der Waals surface area (Å²) in [5.74, 6) is -0.382. The van der Waals surface area contributed by atoms with Crippen molar-refractivity contribution in [2.24, 2.45) is 0 Å². The van der Waals surface area contributed by atoms with E-state index in [0.717, 1.165) is 15.1 Å². The van der Waals surface area contributed by atoms with Crippen molar-refractivity contribution in [1.82, 2.24) is 0 Å². The summed E-state index contributed by atoms with van der Waals surface area (Å²) in [6.45, 7) is 0. The lowest BCUT2D eigenvalue weighted by molar-refractivity contribution is 0.427. The van der Waals surface area contributed by atoms with Gasteiger partial charge in [0.1, 0.15) is 5.82 Å². The van der Waals surface area contributed by atoms with Crippen molar-refractivity contribution in [1.29, 1.82) is 0 Å². The van der Waals surface area contributed by atoms with Gasteiger partial charge in [-0.3, -0.25) is 0 Å². The van der Waals surface area contributed by atoms with E-state index in [-0.39, 0.29) is 11.5 Å². The molecule has 0 amide bonds. The summed E-state index contributed by atoms with van der Waals surface area (Å²) in [5, 5.41) is 1.47. The molecule has 0 atom stereocenters. The van der Waals surface area contributed by atoms with E-state index in [1.165, 1.54) is 17.4 Å². The quantitative estimate of drug-likeness (QED) is 0.713. The Morgan fingerprint density at radius 2 is 2.23 bits per heavy atom. The van der Waals surface area contributed by atoms with Gasteiger partial charge in [0.15, 0.2) is 5.06 Å². The molecule has 2 rings (SSSR count). The van der Waals surface area contributed by atoms with Gasteiger partial charge in [0.05, 0.1) is 12.8 Å². The molecule has 1 heterocycles. The summed E-state index contributed by atoms with van der Waals surface area (Å²) >= 11 is 1.45. The standard InChI is InChI=1S/C9H8FNOS/c1-12-8-4-5-7(13-8)3-2-6(10)9(5)11/h2-4H,11H2,1H3. The molecule has 2 N–H and O–H groups in total. The van der Waals surface area contributed by atoms with Gasteiger partial charge in [-0.15, -0.1) is 0 Å². The Balaban J connectivity index is 2.76. The van der Waals surface area contributed by atoms with Crippen molar-refractivity contribution in [3.05, 3.63) is 24.0 Å². The average Bonchev–Trinajstić information content (AvgIpc) is 2.55. The highest BCUT2D eigenvalue weighted by atomic mass is 32.1. The van der Waals surface area contributed by atoms with Crippen LogP contribution in [0.25, 0.3) is 10.1 Å². The van der Waals surface area contributed by atoms with Gasteiger partial charge in [-0.25, -0.2) is 4.39 Å². The van der Waals surface area contributed by atoms with Gasteiger partial charge in [0.2, 0.25) is 0 Å². The predicted molar refractivity (Wildman–Crippen MR) is 52.7 cm³/mol. The topological polar surface area (TPSA) is 35.2 Å². The fraction of sp³-hybridized carbons (Fsp3) is 0.111. The monoisotopic (exact) mass is 197 g/mol. The van der Waals surface area contributed by atoms with E-state index in [9.17, 15) is 4.39 Å². The Bertz CT molecular complexity index is 452. The smallest absolute Gasteiger partial charge is 0.174 e. The van der Waals surface area contributed by atoms with Crippen molar-refractivity contribution in [3.63, 3.8) is 0 Å². The number of rotatable bonds is 1. The molecular formula is C9H8FNOS. The third-order valence-corrected chi connectivity index (χ3v) is 2.93. The number of hydrogen-bond donors (Lipinski definition) is 1. The van der Waals surface area contributed by atoms with Crippen LogP contribution in [0.2, 0.25) is 0 Å². The first kappa shape index (κ1) is 8.31. The van der Waals surface area contributed by atoms with E-state index in [1.807, 2.05) is 0 Å². The van der Waals surface area contributed by atoms with Gasteiger partial charge >= 0.3 is 0 Å². The van der Waals surface area contributed by atoms with Gasteiger partial charge in [-0.2, -0.15) is 0 Å². The minimum atomic E-state index is -0.382. The fourth-order valence-corrected chi connectivity index (χ4v) is 2.08. The Labute approximate surface area is 78.7 Å². The Morgan fingerprint density at radius 3 is 2.92 bits per heavy atom. The van der Waals surface area contributed by atoms with E-state index < -0.39 is 0 Å². The van der Waals surface area contributed by atoms with Crippen molar-refractivity contribution < 1.29 is 9.13 Å². The van der Waals surface area contributed by atoms with Crippen LogP contribution in [-0.4, -0.2) is 7.11 Å². The third-order valence-electron chi connectivity index (χ3n) is 1.87. The van der Waals surface area contributed by atoms with Crippen LogP contribution >= 0.6 is 11.3 Å². The zero-order valence-corrected chi connectivity index (χ0v) is 7.82. The number of nitrogen functional groups attached to an aromatic ring is 1. The maximum atomic E-state index is 13.0. The number of hydrogen-bond acceptors (Lipinski definition) is 3. The van der Waals surface area contributed by atoms with Gasteiger partial charge in [-0.05, 0) is 12.1 Å². The minimum absolute atomic E-state index is 0.192. The van der Waals surface area contributed by atoms with Crippen molar-refractivity contribution >= 4 is 27.1 Å². The van der Waals surface area contributed by atoms with Crippen LogP contribution in [0.15, 0.2) is 18.2 Å². The number of fused-ring (bicyclic) bond motifs is 1. The lowest BCUT2D eigenvalue weighted by atomic mass is 10.2. The molecule has 0 aliphatic heterocycles. The Morgan fingerprint density at radius 1 is 1.46 bits per heavy atom. The molecule has 0 saturated heterocycles. The molecule has 0 fully saturated rings. The molecule has 13 heavy (non-hydrogen) atoms. The van der Waals surface area contributed by atoms with Gasteiger partial charge in [-0.1, -0.05) is 11.3 Å². The van der Waals surface area contributed by atoms with Crippen LogP contribution in [-0.2, 0) is 0 Å². The van der Waals surface area contributed by atoms with E-state index in [0.29, 0.717) is 0 Å². The summed E-state index contributed by atoms with van der Waals surface area (Å²) in [5.41, 5.74) is 5.75. The molecule has 68 valence electrons. The zero-order chi connectivity index (χ0) is 9.42. The molecule has 0 radical (unpaired) electrons. The molecule has 1 aromatic heterocycles. The molecule has 0 unspecified atom stereocenters. The van der Waals surface area contributed by atoms with E-state index in [2.05, 4.69) is 0 Å². The lowest BCUT2D eigenvalue weighted by Gasteiger charge is -1.95. The van der Waals surface area contributed by atoms with Crippen LogP contribution in [0.3, 0.4) is 0 Å². The first-order valence-electron chi connectivity index (χ1n) is 3.74. The summed E-state index contributed by atoms with van der Waals surface area (Å²) in [6, 6.07) is 4.82. The molecule has 2 nitrogen and oxygen atoms in total. The number of benzene rings is 1. The number of halogens is 1. The van der Waals surface area contributed by atoms with Crippen molar-refractivity contribution in [2.75, 3.05) is 12.8 Å². The number of methoxy groups -OCH3 is 1. The number of nitrogens with two attached hydrogens (primary N) is 1. The second-order valence-corrected chi connectivity index (χ2v) is 3.69. The minimum Gasteiger partial charge on any atom is -0.487 e. The van der Waals surface area contributed by atoms with Gasteiger partial charge in [0, 0.05) is 16.2 Å². The van der Waals surface area contributed by atoms with Crippen LogP contribution in [0.5, 0.6) is 5.06 Å². The average molecular weight is 197 g/mol. The molecule has 0 bridgehead atoms. The van der Waals surface area contributed by atoms with E-state index >= 15 is 0 Å². The molecule has 4 heteroatoms. The van der Waals surface area contributed by atoms with Gasteiger partial charge < -0.3 is 10.5 Å². The highest BCUT2D eigenvalue weighted by Gasteiger charge is 2.07. The van der Waals surface area contributed by atoms with Crippen LogP contribution in [0, 0.1) is 5.82 Å². The fourth-order valence-electron chi connectivity index (χ4n) is 1.18. The Kier molecular flexibility index (Phi) is 1.84. The predicted octanol–water partition coefficient (Wildman–Crippen LogP) is 2.63. The molecule has 2 aromatic rings. The maximum Gasteiger partial charge on any atom is 0.174 e. The van der Waals surface area contributed by atoms with E-state index in [4.69, 9.17) is 10.5 Å². The number of thiophene rings is 1. The van der Waals surface area contributed by atoms with Crippen molar-refractivity contribution in [2.45, 2.75) is 0 Å². The molecule has 1 aromatic carbocycles. The highest BCUT2D eigenvalue weighted by molar-refractivity contribution is 7.20. The third kappa shape index (κ3) is 1.23. The molecule has 0 aliphatic carbocycles. The maximum absolute atomic E-state index is 13.0. The first-order chi connectivity index (χ1) is 6.22. The molecule has 0 aliphatic rings. The van der Waals surface area contributed by atoms with Crippen molar-refractivity contribution in [3.8, 4) is 5.06 Å². The first-order valence-corrected chi connectivity index (χ1v) is 4.55. The number of anilines is 1. The highest BCUT2D eigenvalue weighted by Crippen LogP contribution is 2.35. The second kappa shape index (κ2) is 2.88. The van der Waals surface area contributed by atoms with Crippen LogP contribution in [0.4, 0.5) is 10.1 Å². The summed E-state index contributed by atoms with van der Waals surface area (Å²) < 4.78 is 19.0. The second-order valence-electron chi connectivity index (χ2n) is 2.64. The molecular weight excluding hydrogens is 189 g/mol. The molecule has 0 spiro atoms. The van der Waals surface area contributed by atoms with Gasteiger partial charge in [0.25, 0.3) is 0 Å². The normalized spacial score (nSPS) is 10.6. The number of ether oxygens (including phenoxy) is 1. The van der Waals surface area contributed by atoms with E-state index in [1.54, 1.807) is 19.2 Å². The lowest BCUT2D eigenvalue weighted by Crippen LogP contribution is -1.89. The SMILES string of the molecule is COc1cc2c(N)c(F)ccc2s1. The summed E-state index contributed by atoms with van der Waals surface area (Å²) in [6.07, 6.45) is 0.